The van der Waals surface area contributed by atoms with E-state index in [0.717, 1.165) is 23.1 Å². The first kappa shape index (κ1) is 20.2. The third-order valence-electron chi connectivity index (χ3n) is 6.02. The lowest BCUT2D eigenvalue weighted by Crippen LogP contribution is -2.42. The second-order valence-electron chi connectivity index (χ2n) is 8.13. The number of nitrogens with zero attached hydrogens (tertiary/aromatic N) is 4. The average Bonchev–Trinajstić information content (AvgIpc) is 3.32. The minimum atomic E-state index is -0.485. The maximum atomic E-state index is 13.5. The summed E-state index contributed by atoms with van der Waals surface area (Å²) >= 11 is 0. The van der Waals surface area contributed by atoms with Crippen LogP contribution in [0.3, 0.4) is 0 Å². The molecular formula is C23H22FN5O3. The monoisotopic (exact) mass is 435 g/mol. The first-order valence-corrected chi connectivity index (χ1v) is 10.6. The zero-order valence-corrected chi connectivity index (χ0v) is 17.3. The van der Waals surface area contributed by atoms with E-state index in [4.69, 9.17) is 0 Å². The number of fused-ring (bicyclic) bond motifs is 2. The topological polar surface area (TPSA) is 89.2 Å². The minimum absolute atomic E-state index is 0.00309. The van der Waals surface area contributed by atoms with Crippen LogP contribution in [0.1, 0.15) is 39.8 Å². The fourth-order valence-electron chi connectivity index (χ4n) is 4.46. The van der Waals surface area contributed by atoms with E-state index in [9.17, 15) is 18.8 Å². The van der Waals surface area contributed by atoms with Gasteiger partial charge in [0.1, 0.15) is 12.4 Å². The predicted octanol–water partition coefficient (Wildman–Crippen LogP) is 1.64. The van der Waals surface area contributed by atoms with Gasteiger partial charge in [0.25, 0.3) is 5.91 Å². The number of aromatic nitrogens is 3. The third kappa shape index (κ3) is 3.70. The Morgan fingerprint density at radius 1 is 1.12 bits per heavy atom. The van der Waals surface area contributed by atoms with Crippen molar-refractivity contribution in [2.24, 2.45) is 0 Å². The number of hydrogen-bond acceptors (Lipinski definition) is 4. The first-order valence-electron chi connectivity index (χ1n) is 10.6. The van der Waals surface area contributed by atoms with E-state index in [2.05, 4.69) is 16.5 Å². The molecule has 1 N–H and O–H groups in total. The smallest absolute Gasteiger partial charge is 0.346 e. The number of carbonyl (C=O) groups excluding carboxylic acids is 2. The van der Waals surface area contributed by atoms with Gasteiger partial charge < -0.3 is 10.2 Å². The molecular weight excluding hydrogens is 413 g/mol. The van der Waals surface area contributed by atoms with E-state index in [-0.39, 0.29) is 43.2 Å². The lowest BCUT2D eigenvalue weighted by Gasteiger charge is -2.26. The summed E-state index contributed by atoms with van der Waals surface area (Å²) in [5.41, 5.74) is 2.49. The summed E-state index contributed by atoms with van der Waals surface area (Å²) in [5.74, 6) is -1.12. The van der Waals surface area contributed by atoms with E-state index in [1.807, 2.05) is 18.2 Å². The molecule has 2 amide bonds. The van der Waals surface area contributed by atoms with Crippen LogP contribution in [0.15, 0.2) is 53.3 Å². The number of rotatable bonds is 5. The van der Waals surface area contributed by atoms with Crippen LogP contribution in [0.2, 0.25) is 0 Å². The van der Waals surface area contributed by atoms with Gasteiger partial charge in [-0.1, -0.05) is 36.4 Å². The van der Waals surface area contributed by atoms with Crippen molar-refractivity contribution in [1.29, 1.82) is 0 Å². The molecule has 1 atom stereocenters. The van der Waals surface area contributed by atoms with E-state index in [1.54, 1.807) is 12.1 Å². The number of halogens is 1. The zero-order chi connectivity index (χ0) is 22.2. The van der Waals surface area contributed by atoms with Gasteiger partial charge in [0, 0.05) is 19.6 Å². The summed E-state index contributed by atoms with van der Waals surface area (Å²) in [5, 5.41) is 7.11. The van der Waals surface area contributed by atoms with Gasteiger partial charge in [-0.3, -0.25) is 14.2 Å². The number of nitrogens with one attached hydrogen (secondary N) is 1. The molecule has 1 aromatic heterocycles. The second kappa shape index (κ2) is 8.07. The molecule has 0 bridgehead atoms. The Balaban J connectivity index is 1.29. The summed E-state index contributed by atoms with van der Waals surface area (Å²) < 4.78 is 15.8. The highest BCUT2D eigenvalue weighted by atomic mass is 19.1. The Morgan fingerprint density at radius 2 is 1.97 bits per heavy atom. The fraction of sp³-hybridized carbons (Fsp3) is 0.304. The van der Waals surface area contributed by atoms with Crippen molar-refractivity contribution < 1.29 is 14.0 Å². The van der Waals surface area contributed by atoms with Crippen LogP contribution in [-0.4, -0.2) is 37.6 Å². The number of benzene rings is 2. The maximum absolute atomic E-state index is 13.5. The molecule has 1 unspecified atom stereocenters. The summed E-state index contributed by atoms with van der Waals surface area (Å²) in [6.07, 6.45) is 1.71. The van der Waals surface area contributed by atoms with Crippen molar-refractivity contribution in [2.45, 2.75) is 38.5 Å². The number of hydrogen-bond donors (Lipinski definition) is 1. The van der Waals surface area contributed by atoms with Crippen LogP contribution < -0.4 is 11.0 Å². The summed E-state index contributed by atoms with van der Waals surface area (Å²) in [4.78, 5) is 39.7. The second-order valence-corrected chi connectivity index (χ2v) is 8.13. The highest BCUT2D eigenvalue weighted by Crippen LogP contribution is 2.30. The van der Waals surface area contributed by atoms with Gasteiger partial charge in [0.2, 0.25) is 11.7 Å². The quantitative estimate of drug-likeness (QED) is 0.660. The summed E-state index contributed by atoms with van der Waals surface area (Å²) in [6.45, 7) is 0.541. The lowest BCUT2D eigenvalue weighted by molar-refractivity contribution is -0.122. The third-order valence-corrected chi connectivity index (χ3v) is 6.02. The number of carbonyl (C=O) groups is 2. The molecule has 1 aliphatic carbocycles. The molecule has 0 spiro atoms. The predicted molar refractivity (Wildman–Crippen MR) is 113 cm³/mol. The summed E-state index contributed by atoms with van der Waals surface area (Å²) in [7, 11) is 0. The van der Waals surface area contributed by atoms with Gasteiger partial charge in [-0.2, -0.15) is 0 Å². The van der Waals surface area contributed by atoms with Crippen LogP contribution in [0, 0.1) is 5.82 Å². The lowest BCUT2D eigenvalue weighted by atomic mass is 10.1. The Morgan fingerprint density at radius 3 is 2.81 bits per heavy atom. The molecule has 2 aliphatic rings. The van der Waals surface area contributed by atoms with Crippen molar-refractivity contribution in [3.63, 3.8) is 0 Å². The van der Waals surface area contributed by atoms with E-state index < -0.39 is 11.6 Å². The maximum Gasteiger partial charge on any atom is 0.346 e. The standard InChI is InChI=1S/C23H22FN5O3/c24-17-6-3-4-15(12-17)13-27-10-11-28-21(22(27)31)26-29(23(28)32)14-20(30)25-19-9-8-16-5-1-2-7-18(16)19/h1-7,12,19H,8-11,13-14H2,(H,25,30). The van der Waals surface area contributed by atoms with Crippen molar-refractivity contribution >= 4 is 11.8 Å². The Kier molecular flexibility index (Phi) is 5.08. The normalized spacial score (nSPS) is 17.2. The number of amides is 2. The Labute approximate surface area is 183 Å². The minimum Gasteiger partial charge on any atom is -0.348 e. The average molecular weight is 435 g/mol. The first-order chi connectivity index (χ1) is 15.5. The molecule has 0 fully saturated rings. The molecule has 0 radical (unpaired) electrons. The van der Waals surface area contributed by atoms with Gasteiger partial charge in [0.05, 0.1) is 6.04 Å². The van der Waals surface area contributed by atoms with E-state index in [1.165, 1.54) is 27.2 Å². The molecule has 3 aromatic rings. The largest absolute Gasteiger partial charge is 0.348 e. The molecule has 164 valence electrons. The van der Waals surface area contributed by atoms with Crippen molar-refractivity contribution in [2.75, 3.05) is 6.54 Å². The van der Waals surface area contributed by atoms with E-state index in [0.29, 0.717) is 12.1 Å². The zero-order valence-electron chi connectivity index (χ0n) is 17.3. The molecule has 8 nitrogen and oxygen atoms in total. The fourth-order valence-corrected chi connectivity index (χ4v) is 4.46. The van der Waals surface area contributed by atoms with Gasteiger partial charge in [-0.25, -0.2) is 13.9 Å². The van der Waals surface area contributed by atoms with Crippen molar-refractivity contribution in [3.8, 4) is 0 Å². The van der Waals surface area contributed by atoms with Crippen LogP contribution in [-0.2, 0) is 30.8 Å². The molecule has 5 rings (SSSR count). The van der Waals surface area contributed by atoms with Crippen LogP contribution in [0.25, 0.3) is 0 Å². The molecule has 0 saturated carbocycles. The highest BCUT2D eigenvalue weighted by Gasteiger charge is 2.30. The SMILES string of the molecule is O=C(Cn1nc2n(c1=O)CCN(Cc1cccc(F)c1)C2=O)NC1CCc2ccccc21. The molecule has 2 heterocycles. The molecule has 9 heteroatoms. The van der Waals surface area contributed by atoms with Gasteiger partial charge in [-0.15, -0.1) is 5.10 Å². The molecule has 1 aliphatic heterocycles. The van der Waals surface area contributed by atoms with Crippen molar-refractivity contribution in [3.05, 3.63) is 87.3 Å². The van der Waals surface area contributed by atoms with E-state index >= 15 is 0 Å². The van der Waals surface area contributed by atoms with Crippen LogP contribution >= 0.6 is 0 Å². The number of aryl methyl sites for hydroxylation is 1. The van der Waals surface area contributed by atoms with Crippen LogP contribution in [0.4, 0.5) is 4.39 Å². The molecule has 32 heavy (non-hydrogen) atoms. The van der Waals surface area contributed by atoms with Crippen LogP contribution in [0.5, 0.6) is 0 Å². The molecule has 0 saturated heterocycles. The Bertz CT molecular complexity index is 1260. The summed E-state index contributed by atoms with van der Waals surface area (Å²) in [6, 6.07) is 13.9. The van der Waals surface area contributed by atoms with Gasteiger partial charge >= 0.3 is 5.69 Å². The van der Waals surface area contributed by atoms with Gasteiger partial charge in [-0.05, 0) is 41.7 Å². The van der Waals surface area contributed by atoms with Crippen molar-refractivity contribution in [1.82, 2.24) is 24.6 Å². The highest BCUT2D eigenvalue weighted by molar-refractivity contribution is 5.91. The molecule has 2 aromatic carbocycles. The Hall–Kier alpha value is -3.75. The van der Waals surface area contributed by atoms with Gasteiger partial charge in [0.15, 0.2) is 0 Å².